The Balaban J connectivity index is 1.61. The van der Waals surface area contributed by atoms with Crippen LogP contribution in [0.25, 0.3) is 0 Å². The van der Waals surface area contributed by atoms with E-state index in [-0.39, 0.29) is 17.7 Å². The highest BCUT2D eigenvalue weighted by atomic mass is 32.2. The smallest absolute Gasteiger partial charge is 0.315 e. The monoisotopic (exact) mass is 368 g/mol. The molecule has 0 aromatic carbocycles. The highest BCUT2D eigenvalue weighted by molar-refractivity contribution is 7.99. The highest BCUT2D eigenvalue weighted by Crippen LogP contribution is 2.18. The number of carbonyl (C=O) groups is 2. The zero-order valence-electron chi connectivity index (χ0n) is 15.0. The number of urea groups is 1. The second-order valence-electron chi connectivity index (χ2n) is 6.81. The van der Waals surface area contributed by atoms with Crippen molar-refractivity contribution in [2.24, 2.45) is 5.92 Å². The predicted octanol–water partition coefficient (Wildman–Crippen LogP) is 3.41. The first-order valence-corrected chi connectivity index (χ1v) is 10.1. The molecule has 7 nitrogen and oxygen atoms in total. The molecule has 2 N–H and O–H groups in total. The van der Waals surface area contributed by atoms with Crippen molar-refractivity contribution in [1.82, 2.24) is 20.8 Å². The molecule has 140 valence electrons. The van der Waals surface area contributed by atoms with Crippen molar-refractivity contribution in [3.8, 4) is 0 Å². The highest BCUT2D eigenvalue weighted by Gasteiger charge is 2.16. The lowest BCUT2D eigenvalue weighted by Crippen LogP contribution is -2.43. The summed E-state index contributed by atoms with van der Waals surface area (Å²) in [6.07, 6.45) is 7.01. The number of ketones is 1. The molecule has 0 unspecified atom stereocenters. The Morgan fingerprint density at radius 2 is 2.00 bits per heavy atom. The van der Waals surface area contributed by atoms with Crippen LogP contribution >= 0.6 is 11.8 Å². The third-order valence-electron chi connectivity index (χ3n) is 4.15. The summed E-state index contributed by atoms with van der Waals surface area (Å²) >= 11 is 1.34. The van der Waals surface area contributed by atoms with Crippen LogP contribution in [-0.2, 0) is 0 Å². The molecule has 0 radical (unpaired) electrons. The summed E-state index contributed by atoms with van der Waals surface area (Å²) in [5.74, 6) is 1.04. The third-order valence-corrected chi connectivity index (χ3v) is 4.97. The summed E-state index contributed by atoms with van der Waals surface area (Å²) in [5.41, 5.74) is 0. The van der Waals surface area contributed by atoms with Crippen LogP contribution in [0.2, 0.25) is 0 Å². The summed E-state index contributed by atoms with van der Waals surface area (Å²) in [5, 5.41) is 13.9. The summed E-state index contributed by atoms with van der Waals surface area (Å²) < 4.78 is 5.37. The first-order chi connectivity index (χ1) is 12.0. The lowest BCUT2D eigenvalue weighted by atomic mass is 9.96. The number of Topliss-reactive ketones (excluding diaryl/α,β-unsaturated/α-hetero) is 1. The fraction of sp³-hybridized carbons (Fsp3) is 0.765. The van der Waals surface area contributed by atoms with Gasteiger partial charge in [0, 0.05) is 24.8 Å². The van der Waals surface area contributed by atoms with Gasteiger partial charge < -0.3 is 15.1 Å². The van der Waals surface area contributed by atoms with E-state index in [9.17, 15) is 9.59 Å². The second kappa shape index (κ2) is 10.4. The molecule has 1 aliphatic carbocycles. The van der Waals surface area contributed by atoms with E-state index >= 15 is 0 Å². The van der Waals surface area contributed by atoms with Crippen LogP contribution in [0.4, 0.5) is 4.79 Å². The molecule has 0 spiro atoms. The maximum Gasteiger partial charge on any atom is 0.315 e. The molecule has 1 fully saturated rings. The Labute approximate surface area is 153 Å². The van der Waals surface area contributed by atoms with Crippen molar-refractivity contribution in [3.05, 3.63) is 5.89 Å². The van der Waals surface area contributed by atoms with Gasteiger partial charge in [0.25, 0.3) is 11.1 Å². The van der Waals surface area contributed by atoms with Gasteiger partial charge >= 0.3 is 6.03 Å². The Morgan fingerprint density at radius 3 is 2.72 bits per heavy atom. The molecule has 2 amide bonds. The quantitative estimate of drug-likeness (QED) is 0.394. The lowest BCUT2D eigenvalue weighted by Gasteiger charge is -2.22. The summed E-state index contributed by atoms with van der Waals surface area (Å²) in [4.78, 5) is 23.7. The number of nitrogens with zero attached hydrogens (tertiary/aromatic N) is 2. The van der Waals surface area contributed by atoms with Gasteiger partial charge in [0.15, 0.2) is 0 Å². The first kappa shape index (κ1) is 19.8. The van der Waals surface area contributed by atoms with E-state index in [4.69, 9.17) is 4.42 Å². The van der Waals surface area contributed by atoms with E-state index in [1.54, 1.807) is 0 Å². The van der Waals surface area contributed by atoms with Crippen LogP contribution in [0, 0.1) is 5.92 Å². The van der Waals surface area contributed by atoms with Gasteiger partial charge in [-0.3, -0.25) is 4.79 Å². The number of carbonyl (C=O) groups excluding carboxylic acids is 2. The van der Waals surface area contributed by atoms with E-state index < -0.39 is 0 Å². The van der Waals surface area contributed by atoms with Crippen LogP contribution < -0.4 is 10.6 Å². The van der Waals surface area contributed by atoms with Crippen molar-refractivity contribution in [2.45, 2.75) is 70.1 Å². The van der Waals surface area contributed by atoms with Gasteiger partial charge in [-0.2, -0.15) is 0 Å². The van der Waals surface area contributed by atoms with E-state index in [0.717, 1.165) is 19.3 Å². The van der Waals surface area contributed by atoms with Crippen molar-refractivity contribution in [2.75, 3.05) is 12.3 Å². The van der Waals surface area contributed by atoms with Crippen LogP contribution in [0.1, 0.15) is 69.5 Å². The fourth-order valence-electron chi connectivity index (χ4n) is 2.69. The van der Waals surface area contributed by atoms with E-state index in [1.165, 1.54) is 31.0 Å². The molecular weight excluding hydrogens is 340 g/mol. The molecule has 1 aromatic rings. The Morgan fingerprint density at radius 1 is 1.24 bits per heavy atom. The second-order valence-corrected chi connectivity index (χ2v) is 7.86. The largest absolute Gasteiger partial charge is 0.408 e. The number of hydrogen-bond donors (Lipinski definition) is 2. The summed E-state index contributed by atoms with van der Waals surface area (Å²) in [6, 6.07) is 0.180. The molecule has 25 heavy (non-hydrogen) atoms. The van der Waals surface area contributed by atoms with Crippen molar-refractivity contribution in [1.29, 1.82) is 0 Å². The van der Waals surface area contributed by atoms with E-state index in [0.29, 0.717) is 35.9 Å². The molecule has 1 heterocycles. The fourth-order valence-corrected chi connectivity index (χ4v) is 3.31. The minimum Gasteiger partial charge on any atom is -0.408 e. The molecule has 0 saturated heterocycles. The van der Waals surface area contributed by atoms with Gasteiger partial charge in [0.05, 0.1) is 0 Å². The number of nitrogens with one attached hydrogen (secondary N) is 2. The molecule has 1 aliphatic rings. The maximum absolute atomic E-state index is 11.9. The number of aromatic nitrogens is 2. The Kier molecular flexibility index (Phi) is 8.24. The van der Waals surface area contributed by atoms with E-state index in [1.807, 2.05) is 0 Å². The Bertz CT molecular complexity index is 556. The SMILES string of the molecule is CC(C)CCC(=O)c1nnc(SCCNC(=O)NC2CCCCC2)o1. The van der Waals surface area contributed by atoms with Crippen molar-refractivity contribution >= 4 is 23.6 Å². The van der Waals surface area contributed by atoms with Crippen LogP contribution in [-0.4, -0.2) is 40.4 Å². The molecule has 0 bridgehead atoms. The van der Waals surface area contributed by atoms with Crippen molar-refractivity contribution < 1.29 is 14.0 Å². The number of hydrogen-bond acceptors (Lipinski definition) is 6. The van der Waals surface area contributed by atoms with Gasteiger partial charge in [0.2, 0.25) is 5.78 Å². The van der Waals surface area contributed by atoms with Crippen molar-refractivity contribution in [3.63, 3.8) is 0 Å². The van der Waals surface area contributed by atoms with Crippen LogP contribution in [0.15, 0.2) is 9.64 Å². The Hall–Kier alpha value is -1.57. The topological polar surface area (TPSA) is 97.1 Å². The van der Waals surface area contributed by atoms with Crippen LogP contribution in [0.5, 0.6) is 0 Å². The zero-order chi connectivity index (χ0) is 18.1. The summed E-state index contributed by atoms with van der Waals surface area (Å²) in [6.45, 7) is 4.64. The molecule has 1 aromatic heterocycles. The molecule has 0 aliphatic heterocycles. The van der Waals surface area contributed by atoms with Gasteiger partial charge in [-0.05, 0) is 25.2 Å². The van der Waals surface area contributed by atoms with Gasteiger partial charge in [-0.1, -0.05) is 44.9 Å². The lowest BCUT2D eigenvalue weighted by molar-refractivity contribution is 0.0936. The normalized spacial score (nSPS) is 15.3. The minimum absolute atomic E-state index is 0.0751. The van der Waals surface area contributed by atoms with Gasteiger partial charge in [-0.15, -0.1) is 10.2 Å². The van der Waals surface area contributed by atoms with E-state index in [2.05, 4.69) is 34.7 Å². The van der Waals surface area contributed by atoms with Gasteiger partial charge in [0.1, 0.15) is 0 Å². The summed E-state index contributed by atoms with van der Waals surface area (Å²) in [7, 11) is 0. The zero-order valence-corrected chi connectivity index (χ0v) is 15.9. The molecule has 8 heteroatoms. The van der Waals surface area contributed by atoms with Gasteiger partial charge in [-0.25, -0.2) is 4.79 Å². The average Bonchev–Trinajstić information content (AvgIpc) is 3.06. The third kappa shape index (κ3) is 7.46. The number of amides is 2. The average molecular weight is 369 g/mol. The minimum atomic E-state index is -0.123. The maximum atomic E-state index is 11.9. The predicted molar refractivity (Wildman–Crippen MR) is 96.8 cm³/mol. The standard InChI is InChI=1S/C17H28N4O3S/c1-12(2)8-9-14(22)15-20-21-17(24-15)25-11-10-18-16(23)19-13-6-4-3-5-7-13/h12-13H,3-11H2,1-2H3,(H2,18,19,23). The number of rotatable bonds is 9. The van der Waals surface area contributed by atoms with Crippen LogP contribution in [0.3, 0.4) is 0 Å². The molecule has 2 rings (SSSR count). The molecule has 1 saturated carbocycles. The molecule has 0 atom stereocenters. The first-order valence-electron chi connectivity index (χ1n) is 9.08. The number of thioether (sulfide) groups is 1. The molecular formula is C17H28N4O3S.